The third-order valence-corrected chi connectivity index (χ3v) is 5.14. The molecule has 0 bridgehead atoms. The summed E-state index contributed by atoms with van der Waals surface area (Å²) in [7, 11) is 1.70. The molecule has 0 spiro atoms. The van der Waals surface area contributed by atoms with Gasteiger partial charge >= 0.3 is 0 Å². The molecule has 3 heteroatoms. The predicted molar refractivity (Wildman–Crippen MR) is 115 cm³/mol. The fourth-order valence-corrected chi connectivity index (χ4v) is 3.62. The lowest BCUT2D eigenvalue weighted by atomic mass is 9.99. The van der Waals surface area contributed by atoms with Crippen LogP contribution in [0.2, 0.25) is 0 Å². The first kappa shape index (κ1) is 18.2. The van der Waals surface area contributed by atoms with Crippen molar-refractivity contribution in [3.63, 3.8) is 0 Å². The van der Waals surface area contributed by atoms with Crippen LogP contribution in [-0.2, 0) is 6.54 Å². The Morgan fingerprint density at radius 3 is 2.64 bits per heavy atom. The summed E-state index contributed by atoms with van der Waals surface area (Å²) in [6.07, 6.45) is 3.65. The molecule has 4 rings (SSSR count). The van der Waals surface area contributed by atoms with Gasteiger partial charge in [0.25, 0.3) is 0 Å². The maximum atomic E-state index is 5.55. The Morgan fingerprint density at radius 2 is 1.82 bits per heavy atom. The van der Waals surface area contributed by atoms with Gasteiger partial charge in [-0.25, -0.2) is 0 Å². The van der Waals surface area contributed by atoms with Crippen LogP contribution in [0.4, 0.5) is 0 Å². The minimum atomic E-state index is 0.245. The molecule has 0 saturated heterocycles. The van der Waals surface area contributed by atoms with Gasteiger partial charge in [0.15, 0.2) is 0 Å². The van der Waals surface area contributed by atoms with E-state index in [1.54, 1.807) is 13.3 Å². The lowest BCUT2D eigenvalue weighted by Gasteiger charge is -2.17. The molecule has 0 fully saturated rings. The second-order valence-electron chi connectivity index (χ2n) is 6.95. The zero-order chi connectivity index (χ0) is 19.3. The molecule has 3 nitrogen and oxygen atoms in total. The third kappa shape index (κ3) is 3.75. The van der Waals surface area contributed by atoms with Crippen LogP contribution < -0.4 is 10.1 Å². The minimum Gasteiger partial charge on any atom is -0.496 e. The molecule has 1 aromatic heterocycles. The van der Waals surface area contributed by atoms with Crippen LogP contribution in [0, 0.1) is 0 Å². The molecular weight excluding hydrogens is 344 g/mol. The van der Waals surface area contributed by atoms with Gasteiger partial charge in [-0.2, -0.15) is 0 Å². The van der Waals surface area contributed by atoms with Crippen molar-refractivity contribution in [2.75, 3.05) is 7.11 Å². The molecule has 1 N–H and O–H groups in total. The monoisotopic (exact) mass is 368 g/mol. The second kappa shape index (κ2) is 8.24. The van der Waals surface area contributed by atoms with Crippen LogP contribution in [-0.4, -0.2) is 12.1 Å². The molecule has 28 heavy (non-hydrogen) atoms. The zero-order valence-electron chi connectivity index (χ0n) is 16.2. The first-order chi connectivity index (χ1) is 13.8. The van der Waals surface area contributed by atoms with Gasteiger partial charge in [0, 0.05) is 36.1 Å². The Kier molecular flexibility index (Phi) is 5.36. The number of hydrogen-bond acceptors (Lipinski definition) is 3. The van der Waals surface area contributed by atoms with Crippen molar-refractivity contribution >= 4 is 10.8 Å². The Balaban J connectivity index is 1.56. The summed E-state index contributed by atoms with van der Waals surface area (Å²) in [6, 6.07) is 25.6. The fourth-order valence-electron chi connectivity index (χ4n) is 3.62. The van der Waals surface area contributed by atoms with Gasteiger partial charge in [-0.1, -0.05) is 54.6 Å². The van der Waals surface area contributed by atoms with Crippen LogP contribution in [0.25, 0.3) is 21.9 Å². The van der Waals surface area contributed by atoms with Crippen LogP contribution in [0.5, 0.6) is 5.75 Å². The molecule has 1 heterocycles. The lowest BCUT2D eigenvalue weighted by Crippen LogP contribution is -2.18. The first-order valence-electron chi connectivity index (χ1n) is 9.54. The van der Waals surface area contributed by atoms with Crippen molar-refractivity contribution in [1.29, 1.82) is 0 Å². The lowest BCUT2D eigenvalue weighted by molar-refractivity contribution is 0.416. The number of aromatic nitrogens is 1. The van der Waals surface area contributed by atoms with Gasteiger partial charge in [-0.05, 0) is 47.0 Å². The summed E-state index contributed by atoms with van der Waals surface area (Å²) in [5, 5.41) is 6.24. The molecule has 140 valence electrons. The highest BCUT2D eigenvalue weighted by Crippen LogP contribution is 2.31. The van der Waals surface area contributed by atoms with Gasteiger partial charge in [0.05, 0.1) is 7.11 Å². The smallest absolute Gasteiger partial charge is 0.126 e. The Bertz CT molecular complexity index is 1070. The largest absolute Gasteiger partial charge is 0.496 e. The Morgan fingerprint density at radius 1 is 0.964 bits per heavy atom. The average Bonchev–Trinajstić information content (AvgIpc) is 2.77. The summed E-state index contributed by atoms with van der Waals surface area (Å²) in [5.74, 6) is 0.860. The fraction of sp³-hybridized carbons (Fsp3) is 0.160. The molecule has 0 radical (unpaired) electrons. The van der Waals surface area contributed by atoms with Crippen molar-refractivity contribution in [2.45, 2.75) is 19.5 Å². The van der Waals surface area contributed by atoms with E-state index in [-0.39, 0.29) is 6.04 Å². The number of ether oxygens (including phenoxy) is 1. The first-order valence-corrected chi connectivity index (χ1v) is 9.54. The van der Waals surface area contributed by atoms with Crippen LogP contribution in [0.1, 0.15) is 24.1 Å². The number of hydrogen-bond donors (Lipinski definition) is 1. The number of rotatable bonds is 6. The molecule has 0 aliphatic rings. The molecule has 0 amide bonds. The second-order valence-corrected chi connectivity index (χ2v) is 6.95. The number of pyridine rings is 1. The van der Waals surface area contributed by atoms with E-state index in [2.05, 4.69) is 77.9 Å². The molecule has 1 atom stereocenters. The number of nitrogens with zero attached hydrogens (tertiary/aromatic N) is 1. The van der Waals surface area contributed by atoms with E-state index in [1.165, 1.54) is 21.9 Å². The highest BCUT2D eigenvalue weighted by Gasteiger charge is 2.11. The number of fused-ring (bicyclic) bond motifs is 1. The zero-order valence-corrected chi connectivity index (χ0v) is 16.2. The standard InChI is InChI=1S/C25H24N2O/c1-18(22-11-5-8-20-7-3-4-10-23(20)22)27-16-19-12-13-25(28-2)24(15-19)21-9-6-14-26-17-21/h3-15,17-18,27H,16H2,1-2H3/t18-/m1/s1. The topological polar surface area (TPSA) is 34.1 Å². The van der Waals surface area contributed by atoms with E-state index in [4.69, 9.17) is 4.74 Å². The number of nitrogens with one attached hydrogen (secondary N) is 1. The van der Waals surface area contributed by atoms with Crippen LogP contribution >= 0.6 is 0 Å². The normalized spacial score (nSPS) is 12.1. The summed E-state index contributed by atoms with van der Waals surface area (Å²) < 4.78 is 5.55. The van der Waals surface area contributed by atoms with Crippen molar-refractivity contribution in [3.05, 3.63) is 96.3 Å². The summed E-state index contributed by atoms with van der Waals surface area (Å²) >= 11 is 0. The Labute approximate surface area is 166 Å². The molecule has 0 saturated carbocycles. The van der Waals surface area contributed by atoms with E-state index < -0.39 is 0 Å². The van der Waals surface area contributed by atoms with Gasteiger partial charge in [-0.15, -0.1) is 0 Å². The maximum Gasteiger partial charge on any atom is 0.126 e. The molecule has 3 aromatic carbocycles. The average molecular weight is 368 g/mol. The SMILES string of the molecule is COc1ccc(CN[C@H](C)c2cccc3ccccc23)cc1-c1cccnc1. The number of methoxy groups -OCH3 is 1. The quantitative estimate of drug-likeness (QED) is 0.470. The van der Waals surface area contributed by atoms with E-state index in [1.807, 2.05) is 18.3 Å². The summed E-state index contributed by atoms with van der Waals surface area (Å²) in [5.41, 5.74) is 4.65. The van der Waals surface area contributed by atoms with Gasteiger partial charge in [-0.3, -0.25) is 4.98 Å². The molecule has 0 unspecified atom stereocenters. The van der Waals surface area contributed by atoms with Crippen molar-refractivity contribution in [3.8, 4) is 16.9 Å². The van der Waals surface area contributed by atoms with Crippen LogP contribution in [0.15, 0.2) is 85.2 Å². The van der Waals surface area contributed by atoms with Crippen LogP contribution in [0.3, 0.4) is 0 Å². The van der Waals surface area contributed by atoms with Gasteiger partial charge < -0.3 is 10.1 Å². The predicted octanol–water partition coefficient (Wildman–Crippen LogP) is 5.76. The highest BCUT2D eigenvalue weighted by molar-refractivity contribution is 5.86. The van der Waals surface area contributed by atoms with Crippen molar-refractivity contribution in [1.82, 2.24) is 10.3 Å². The summed E-state index contributed by atoms with van der Waals surface area (Å²) in [4.78, 5) is 4.24. The molecule has 0 aliphatic carbocycles. The van der Waals surface area contributed by atoms with E-state index in [0.717, 1.165) is 23.4 Å². The van der Waals surface area contributed by atoms with E-state index >= 15 is 0 Å². The van der Waals surface area contributed by atoms with E-state index in [9.17, 15) is 0 Å². The Hall–Kier alpha value is -3.17. The number of benzene rings is 3. The highest BCUT2D eigenvalue weighted by atomic mass is 16.5. The minimum absolute atomic E-state index is 0.245. The summed E-state index contributed by atoms with van der Waals surface area (Å²) in [6.45, 7) is 3.00. The third-order valence-electron chi connectivity index (χ3n) is 5.14. The molecular formula is C25H24N2O. The van der Waals surface area contributed by atoms with Gasteiger partial charge in [0.2, 0.25) is 0 Å². The van der Waals surface area contributed by atoms with Crippen molar-refractivity contribution in [2.24, 2.45) is 0 Å². The molecule has 4 aromatic rings. The molecule has 0 aliphatic heterocycles. The maximum absolute atomic E-state index is 5.55. The van der Waals surface area contributed by atoms with E-state index in [0.29, 0.717) is 0 Å². The van der Waals surface area contributed by atoms with Gasteiger partial charge in [0.1, 0.15) is 5.75 Å². The van der Waals surface area contributed by atoms with Crippen molar-refractivity contribution < 1.29 is 4.74 Å².